The Morgan fingerprint density at radius 1 is 1.50 bits per heavy atom. The van der Waals surface area contributed by atoms with Crippen LogP contribution in [0.1, 0.15) is 18.2 Å². The number of nitrogens with zero attached hydrogens (tertiary/aromatic N) is 2. The number of fused-ring (bicyclic) bond motifs is 4. The van der Waals surface area contributed by atoms with Gasteiger partial charge in [-0.2, -0.15) is 13.4 Å². The second-order valence-corrected chi connectivity index (χ2v) is 6.53. The van der Waals surface area contributed by atoms with Gasteiger partial charge in [0.05, 0.1) is 6.26 Å². The summed E-state index contributed by atoms with van der Waals surface area (Å²) < 4.78 is 40.2. The van der Waals surface area contributed by atoms with Crippen LogP contribution in [-0.2, 0) is 19.0 Å². The topological polar surface area (TPSA) is 96.7 Å². The van der Waals surface area contributed by atoms with Crippen LogP contribution >= 0.6 is 0 Å². The number of hydrogen-bond donors (Lipinski definition) is 0. The largest absolute Gasteiger partial charge is 0.462 e. The fraction of sp³-hybridized carbons (Fsp3) is 0.636. The predicted octanol–water partition coefficient (Wildman–Crippen LogP) is -0.424. The van der Waals surface area contributed by atoms with Crippen molar-refractivity contribution in [2.24, 2.45) is 0 Å². The van der Waals surface area contributed by atoms with Gasteiger partial charge in [0, 0.05) is 18.2 Å². The summed E-state index contributed by atoms with van der Waals surface area (Å²) in [6.07, 6.45) is 1.41. The maximum Gasteiger partial charge on any atom is 0.301 e. The van der Waals surface area contributed by atoms with E-state index in [1.807, 2.05) is 0 Å². The van der Waals surface area contributed by atoms with Crippen LogP contribution in [0.3, 0.4) is 0 Å². The Bertz CT molecular complexity index is 697. The molecule has 1 saturated heterocycles. The highest BCUT2D eigenvalue weighted by molar-refractivity contribution is 7.86. The van der Waals surface area contributed by atoms with Crippen molar-refractivity contribution in [1.82, 2.24) is 9.55 Å². The Hall–Kier alpha value is -1.45. The van der Waals surface area contributed by atoms with Crippen molar-refractivity contribution < 1.29 is 22.1 Å². The van der Waals surface area contributed by atoms with E-state index in [1.165, 1.54) is 0 Å². The third kappa shape index (κ3) is 2.43. The maximum atomic E-state index is 11.5. The molecule has 1 aromatic rings. The quantitative estimate of drug-likeness (QED) is 0.684. The van der Waals surface area contributed by atoms with Gasteiger partial charge in [0.25, 0.3) is 15.7 Å². The van der Waals surface area contributed by atoms with Crippen LogP contribution in [0.4, 0.5) is 0 Å². The molecule has 1 unspecified atom stereocenters. The van der Waals surface area contributed by atoms with Crippen LogP contribution in [0.15, 0.2) is 11.0 Å². The summed E-state index contributed by atoms with van der Waals surface area (Å²) in [5, 5.41) is 0. The van der Waals surface area contributed by atoms with Crippen LogP contribution in [-0.4, -0.2) is 43.0 Å². The van der Waals surface area contributed by atoms with E-state index in [9.17, 15) is 13.2 Å². The third-order valence-electron chi connectivity index (χ3n) is 3.25. The molecule has 20 heavy (non-hydrogen) atoms. The summed E-state index contributed by atoms with van der Waals surface area (Å²) in [5.74, 6) is 0. The number of hydrogen-bond acceptors (Lipinski definition) is 7. The van der Waals surface area contributed by atoms with Gasteiger partial charge in [-0.05, 0) is 6.92 Å². The molecule has 2 bridgehead atoms. The SMILES string of the molecule is Cc1cn2c(nc1=O)OC[C@H]1O[C@@H]2CC1OS(C)(=O)=O. The molecular formula is C11H14N2O6S. The minimum atomic E-state index is -3.56. The molecule has 1 fully saturated rings. The zero-order valence-electron chi connectivity index (χ0n) is 11.0. The Labute approximate surface area is 115 Å². The van der Waals surface area contributed by atoms with Crippen LogP contribution in [0.25, 0.3) is 0 Å². The van der Waals surface area contributed by atoms with Gasteiger partial charge in [0.15, 0.2) is 0 Å². The van der Waals surface area contributed by atoms with Crippen molar-refractivity contribution in [3.63, 3.8) is 0 Å². The van der Waals surface area contributed by atoms with Gasteiger partial charge in [-0.3, -0.25) is 13.5 Å². The Morgan fingerprint density at radius 2 is 2.25 bits per heavy atom. The third-order valence-corrected chi connectivity index (χ3v) is 3.85. The van der Waals surface area contributed by atoms with E-state index in [2.05, 4.69) is 4.98 Å². The highest BCUT2D eigenvalue weighted by Gasteiger charge is 2.42. The van der Waals surface area contributed by atoms with Crippen molar-refractivity contribution in [3.8, 4) is 6.01 Å². The molecule has 0 aliphatic carbocycles. The summed E-state index contributed by atoms with van der Waals surface area (Å²) in [4.78, 5) is 15.3. The summed E-state index contributed by atoms with van der Waals surface area (Å²) in [6, 6.07) is 0.186. The number of aromatic nitrogens is 2. The van der Waals surface area contributed by atoms with Crippen LogP contribution < -0.4 is 10.3 Å². The lowest BCUT2D eigenvalue weighted by atomic mass is 10.2. The van der Waals surface area contributed by atoms with Gasteiger partial charge in [-0.1, -0.05) is 0 Å². The molecule has 1 aromatic heterocycles. The Balaban J connectivity index is 1.93. The summed E-state index contributed by atoms with van der Waals surface area (Å²) in [7, 11) is -3.56. The van der Waals surface area contributed by atoms with E-state index in [-0.39, 0.29) is 18.2 Å². The van der Waals surface area contributed by atoms with Crippen LogP contribution in [0.5, 0.6) is 6.01 Å². The van der Waals surface area contributed by atoms with Crippen molar-refractivity contribution in [1.29, 1.82) is 0 Å². The van der Waals surface area contributed by atoms with Crippen molar-refractivity contribution >= 4 is 10.1 Å². The fourth-order valence-corrected chi connectivity index (χ4v) is 3.02. The molecule has 110 valence electrons. The molecule has 8 nitrogen and oxygen atoms in total. The monoisotopic (exact) mass is 302 g/mol. The molecule has 0 radical (unpaired) electrons. The predicted molar refractivity (Wildman–Crippen MR) is 67.0 cm³/mol. The minimum Gasteiger partial charge on any atom is -0.462 e. The second-order valence-electron chi connectivity index (χ2n) is 4.93. The first-order valence-electron chi connectivity index (χ1n) is 6.10. The highest BCUT2D eigenvalue weighted by Crippen LogP contribution is 2.36. The average molecular weight is 302 g/mol. The molecular weight excluding hydrogens is 288 g/mol. The average Bonchev–Trinajstić information content (AvgIpc) is 2.62. The van der Waals surface area contributed by atoms with Gasteiger partial charge in [-0.25, -0.2) is 0 Å². The van der Waals surface area contributed by atoms with Crippen molar-refractivity contribution in [2.75, 3.05) is 12.9 Å². The second kappa shape index (κ2) is 4.54. The zero-order valence-corrected chi connectivity index (χ0v) is 11.8. The summed E-state index contributed by atoms with van der Waals surface area (Å²) >= 11 is 0. The molecule has 9 heteroatoms. The Morgan fingerprint density at radius 3 is 2.95 bits per heavy atom. The maximum absolute atomic E-state index is 11.5. The van der Waals surface area contributed by atoms with E-state index >= 15 is 0 Å². The molecule has 0 aromatic carbocycles. The highest BCUT2D eigenvalue weighted by atomic mass is 32.2. The molecule has 3 heterocycles. The van der Waals surface area contributed by atoms with E-state index in [0.29, 0.717) is 12.0 Å². The number of ether oxygens (including phenoxy) is 2. The first kappa shape index (κ1) is 13.5. The van der Waals surface area contributed by atoms with E-state index in [1.54, 1.807) is 17.7 Å². The van der Waals surface area contributed by atoms with Gasteiger partial charge in [0.1, 0.15) is 25.0 Å². The molecule has 0 N–H and O–H groups in total. The minimum absolute atomic E-state index is 0.0895. The normalized spacial score (nSPS) is 28.6. The lowest BCUT2D eigenvalue weighted by Gasteiger charge is -2.19. The first-order valence-corrected chi connectivity index (χ1v) is 7.91. The lowest BCUT2D eigenvalue weighted by molar-refractivity contribution is -0.0148. The molecule has 0 amide bonds. The van der Waals surface area contributed by atoms with Gasteiger partial charge < -0.3 is 9.47 Å². The van der Waals surface area contributed by atoms with Crippen molar-refractivity contribution in [3.05, 3.63) is 22.1 Å². The van der Waals surface area contributed by atoms with Gasteiger partial charge >= 0.3 is 6.01 Å². The van der Waals surface area contributed by atoms with Crippen LogP contribution in [0, 0.1) is 6.92 Å². The Kier molecular flexibility index (Phi) is 3.07. The molecule has 0 saturated carbocycles. The number of aryl methyl sites for hydroxylation is 1. The first-order chi connectivity index (χ1) is 9.33. The van der Waals surface area contributed by atoms with Crippen molar-refractivity contribution in [2.45, 2.75) is 31.8 Å². The van der Waals surface area contributed by atoms with E-state index in [4.69, 9.17) is 13.7 Å². The fourth-order valence-electron chi connectivity index (χ4n) is 2.37. The molecule has 3 rings (SSSR count). The molecule has 3 atom stereocenters. The lowest BCUT2D eigenvalue weighted by Crippen LogP contribution is -2.32. The number of rotatable bonds is 2. The van der Waals surface area contributed by atoms with Gasteiger partial charge in [0.2, 0.25) is 0 Å². The van der Waals surface area contributed by atoms with E-state index < -0.39 is 28.6 Å². The molecule has 2 aliphatic heterocycles. The summed E-state index contributed by atoms with van der Waals surface area (Å²) in [6.45, 7) is 1.73. The van der Waals surface area contributed by atoms with Gasteiger partial charge in [-0.15, -0.1) is 0 Å². The standard InChI is InChI=1S/C11H14N2O6S/c1-6-4-13-9-3-7(19-20(2,15)16)8(18-9)5-17-11(13)12-10(6)14/h4,7-9H,3,5H2,1-2H3/t7?,8-,9-/m1/s1. The molecule has 0 spiro atoms. The zero-order chi connectivity index (χ0) is 14.5. The smallest absolute Gasteiger partial charge is 0.301 e. The summed E-state index contributed by atoms with van der Waals surface area (Å²) in [5.41, 5.74) is 0.116. The van der Waals surface area contributed by atoms with Crippen LogP contribution in [0.2, 0.25) is 0 Å². The van der Waals surface area contributed by atoms with E-state index in [0.717, 1.165) is 6.26 Å². The molecule has 2 aliphatic rings.